The number of hydrogen-bond acceptors (Lipinski definition) is 4. The van der Waals surface area contributed by atoms with Gasteiger partial charge < -0.3 is 20.5 Å². The van der Waals surface area contributed by atoms with Crippen LogP contribution in [0.3, 0.4) is 0 Å². The lowest BCUT2D eigenvalue weighted by molar-refractivity contribution is -0.139. The van der Waals surface area contributed by atoms with Crippen LogP contribution in [0.5, 0.6) is 0 Å². The molecule has 1 amide bonds. The molecule has 1 aromatic carbocycles. The third kappa shape index (κ3) is 8.83. The normalized spacial score (nSPS) is 12.5. The van der Waals surface area contributed by atoms with Crippen LogP contribution in [-0.2, 0) is 16.1 Å². The molecule has 0 aromatic heterocycles. The van der Waals surface area contributed by atoms with E-state index in [4.69, 9.17) is 9.84 Å². The fourth-order valence-electron chi connectivity index (χ4n) is 1.97. The van der Waals surface area contributed by atoms with Crippen LogP contribution in [0.4, 0.5) is 4.79 Å². The number of hydrogen-bond donors (Lipinski definition) is 3. The first kappa shape index (κ1) is 19.0. The molecule has 0 saturated carbocycles. The number of nitrogens with one attached hydrogen (secondary N) is 2. The standard InChI is InChI=1S/C17H26N2O4/c1-17(2,3)23-16(22)19-14(15(20)21)10-7-11-18-12-13-8-5-4-6-9-13/h4-6,8-9,14,18H,7,10-12H2,1-3H3,(H,19,22)(H,20,21)/t14-/m0/s1. The summed E-state index contributed by atoms with van der Waals surface area (Å²) in [5, 5.41) is 14.8. The summed E-state index contributed by atoms with van der Waals surface area (Å²) in [7, 11) is 0. The molecule has 128 valence electrons. The number of carboxylic acids is 1. The van der Waals surface area contributed by atoms with Gasteiger partial charge in [0.1, 0.15) is 11.6 Å². The Balaban J connectivity index is 2.28. The SMILES string of the molecule is CC(C)(C)OC(=O)N[C@@H](CCCNCc1ccccc1)C(=O)O. The van der Waals surface area contributed by atoms with Crippen LogP contribution < -0.4 is 10.6 Å². The van der Waals surface area contributed by atoms with Gasteiger partial charge >= 0.3 is 12.1 Å². The molecule has 0 spiro atoms. The molecule has 0 saturated heterocycles. The second-order valence-electron chi connectivity index (χ2n) is 6.34. The van der Waals surface area contributed by atoms with E-state index in [9.17, 15) is 9.59 Å². The molecule has 0 aliphatic heterocycles. The minimum absolute atomic E-state index is 0.344. The smallest absolute Gasteiger partial charge is 0.408 e. The number of benzene rings is 1. The van der Waals surface area contributed by atoms with Crippen molar-refractivity contribution in [2.45, 2.75) is 51.8 Å². The Morgan fingerprint density at radius 3 is 2.43 bits per heavy atom. The van der Waals surface area contributed by atoms with Gasteiger partial charge in [0.05, 0.1) is 0 Å². The maximum atomic E-state index is 11.6. The van der Waals surface area contributed by atoms with E-state index in [2.05, 4.69) is 10.6 Å². The predicted molar refractivity (Wildman–Crippen MR) is 88.2 cm³/mol. The Morgan fingerprint density at radius 1 is 1.22 bits per heavy atom. The first-order valence-corrected chi connectivity index (χ1v) is 7.75. The summed E-state index contributed by atoms with van der Waals surface area (Å²) in [6, 6.07) is 9.02. The quantitative estimate of drug-likeness (QED) is 0.640. The highest BCUT2D eigenvalue weighted by molar-refractivity contribution is 5.79. The van der Waals surface area contributed by atoms with Gasteiger partial charge in [0.25, 0.3) is 0 Å². The van der Waals surface area contributed by atoms with Crippen molar-refractivity contribution < 1.29 is 19.4 Å². The molecule has 3 N–H and O–H groups in total. The summed E-state index contributed by atoms with van der Waals surface area (Å²) >= 11 is 0. The Kier molecular flexibility index (Phi) is 7.54. The topological polar surface area (TPSA) is 87.7 Å². The van der Waals surface area contributed by atoms with E-state index in [1.165, 1.54) is 5.56 Å². The molecule has 1 rings (SSSR count). The monoisotopic (exact) mass is 322 g/mol. The second-order valence-corrected chi connectivity index (χ2v) is 6.34. The van der Waals surface area contributed by atoms with Crippen molar-refractivity contribution in [1.82, 2.24) is 10.6 Å². The van der Waals surface area contributed by atoms with Gasteiger partial charge in [-0.05, 0) is 45.7 Å². The van der Waals surface area contributed by atoms with Crippen molar-refractivity contribution in [2.24, 2.45) is 0 Å². The van der Waals surface area contributed by atoms with Gasteiger partial charge in [-0.2, -0.15) is 0 Å². The second kappa shape index (κ2) is 9.15. The van der Waals surface area contributed by atoms with Gasteiger partial charge in [0, 0.05) is 6.54 Å². The van der Waals surface area contributed by atoms with Crippen molar-refractivity contribution in [1.29, 1.82) is 0 Å². The van der Waals surface area contributed by atoms with Crippen LogP contribution in [0.15, 0.2) is 30.3 Å². The molecular weight excluding hydrogens is 296 g/mol. The molecule has 0 heterocycles. The maximum absolute atomic E-state index is 11.6. The zero-order valence-corrected chi connectivity index (χ0v) is 14.0. The first-order chi connectivity index (χ1) is 10.8. The number of alkyl carbamates (subject to hydrolysis) is 1. The number of rotatable bonds is 8. The summed E-state index contributed by atoms with van der Waals surface area (Å²) in [6.07, 6.45) is 0.276. The van der Waals surface area contributed by atoms with Crippen molar-refractivity contribution in [2.75, 3.05) is 6.54 Å². The molecule has 1 aromatic rings. The minimum Gasteiger partial charge on any atom is -0.480 e. The van der Waals surface area contributed by atoms with Crippen LogP contribution in [-0.4, -0.2) is 35.4 Å². The summed E-state index contributed by atoms with van der Waals surface area (Å²) in [5.74, 6) is -1.06. The average molecular weight is 322 g/mol. The van der Waals surface area contributed by atoms with E-state index in [1.54, 1.807) is 20.8 Å². The number of aliphatic carboxylic acids is 1. The molecular formula is C17H26N2O4. The zero-order valence-electron chi connectivity index (χ0n) is 14.0. The largest absolute Gasteiger partial charge is 0.480 e. The molecule has 0 unspecified atom stereocenters. The molecule has 0 fully saturated rings. The highest BCUT2D eigenvalue weighted by atomic mass is 16.6. The van der Waals surface area contributed by atoms with Crippen molar-refractivity contribution in [3.63, 3.8) is 0 Å². The van der Waals surface area contributed by atoms with Crippen LogP contribution >= 0.6 is 0 Å². The fourth-order valence-corrected chi connectivity index (χ4v) is 1.97. The molecule has 1 atom stereocenters. The number of carbonyl (C=O) groups is 2. The molecule has 0 aliphatic carbocycles. The minimum atomic E-state index is -1.06. The number of amides is 1. The maximum Gasteiger partial charge on any atom is 0.408 e. The lowest BCUT2D eigenvalue weighted by Gasteiger charge is -2.22. The highest BCUT2D eigenvalue weighted by Gasteiger charge is 2.23. The van der Waals surface area contributed by atoms with Crippen molar-refractivity contribution in [3.05, 3.63) is 35.9 Å². The Bertz CT molecular complexity index is 497. The van der Waals surface area contributed by atoms with E-state index >= 15 is 0 Å². The number of carbonyl (C=O) groups excluding carboxylic acids is 1. The molecule has 0 radical (unpaired) electrons. The third-order valence-corrected chi connectivity index (χ3v) is 3.01. The number of carboxylic acid groups (broad SMARTS) is 1. The van der Waals surface area contributed by atoms with Crippen LogP contribution in [0, 0.1) is 0 Å². The summed E-state index contributed by atoms with van der Waals surface area (Å²) in [5.41, 5.74) is 0.527. The molecule has 6 heteroatoms. The highest BCUT2D eigenvalue weighted by Crippen LogP contribution is 2.07. The van der Waals surface area contributed by atoms with E-state index in [0.717, 1.165) is 6.54 Å². The number of ether oxygens (including phenoxy) is 1. The molecule has 0 aliphatic rings. The average Bonchev–Trinajstić information content (AvgIpc) is 2.44. The van der Waals surface area contributed by atoms with Crippen LogP contribution in [0.25, 0.3) is 0 Å². The lowest BCUT2D eigenvalue weighted by Crippen LogP contribution is -2.43. The van der Waals surface area contributed by atoms with Gasteiger partial charge in [-0.25, -0.2) is 9.59 Å². The Morgan fingerprint density at radius 2 is 1.87 bits per heavy atom. The van der Waals surface area contributed by atoms with E-state index in [1.807, 2.05) is 30.3 Å². The molecule has 23 heavy (non-hydrogen) atoms. The molecule has 0 bridgehead atoms. The van der Waals surface area contributed by atoms with Gasteiger partial charge in [0.2, 0.25) is 0 Å². The van der Waals surface area contributed by atoms with Gasteiger partial charge in [-0.3, -0.25) is 0 Å². The fraction of sp³-hybridized carbons (Fsp3) is 0.529. The summed E-state index contributed by atoms with van der Waals surface area (Å²) < 4.78 is 5.07. The zero-order chi connectivity index (χ0) is 17.3. The lowest BCUT2D eigenvalue weighted by atomic mass is 10.1. The van der Waals surface area contributed by atoms with Crippen molar-refractivity contribution >= 4 is 12.1 Å². The van der Waals surface area contributed by atoms with E-state index in [0.29, 0.717) is 19.4 Å². The Hall–Kier alpha value is -2.08. The Labute approximate surface area is 137 Å². The van der Waals surface area contributed by atoms with Gasteiger partial charge in [0.15, 0.2) is 0 Å². The summed E-state index contributed by atoms with van der Waals surface area (Å²) in [4.78, 5) is 22.8. The summed E-state index contributed by atoms with van der Waals surface area (Å²) in [6.45, 7) is 6.61. The third-order valence-electron chi connectivity index (χ3n) is 3.01. The van der Waals surface area contributed by atoms with Crippen molar-refractivity contribution in [3.8, 4) is 0 Å². The molecule has 6 nitrogen and oxygen atoms in total. The van der Waals surface area contributed by atoms with E-state index < -0.39 is 23.7 Å². The first-order valence-electron chi connectivity index (χ1n) is 7.75. The van der Waals surface area contributed by atoms with Crippen LogP contribution in [0.1, 0.15) is 39.2 Å². The van der Waals surface area contributed by atoms with Crippen LogP contribution in [0.2, 0.25) is 0 Å². The van der Waals surface area contributed by atoms with Gasteiger partial charge in [-0.15, -0.1) is 0 Å². The predicted octanol–water partition coefficient (Wildman–Crippen LogP) is 2.53. The van der Waals surface area contributed by atoms with E-state index in [-0.39, 0.29) is 0 Å². The van der Waals surface area contributed by atoms with Gasteiger partial charge in [-0.1, -0.05) is 30.3 Å².